The number of fused-ring (bicyclic) bond motifs is 3. The van der Waals surface area contributed by atoms with Crippen molar-refractivity contribution in [1.82, 2.24) is 15.5 Å². The monoisotopic (exact) mass is 416 g/mol. The molecule has 7 nitrogen and oxygen atoms in total. The lowest BCUT2D eigenvalue weighted by molar-refractivity contribution is -0.132. The number of nitrogens with one attached hydrogen (secondary N) is 2. The molecule has 2 N–H and O–H groups in total. The Morgan fingerprint density at radius 2 is 2.00 bits per heavy atom. The number of hydrogen-bond donors (Lipinski definition) is 2. The van der Waals surface area contributed by atoms with Gasteiger partial charge in [0.25, 0.3) is 5.91 Å². The lowest BCUT2D eigenvalue weighted by Gasteiger charge is -2.28. The Morgan fingerprint density at radius 3 is 2.72 bits per heavy atom. The molecule has 1 aliphatic carbocycles. The first-order valence-corrected chi connectivity index (χ1v) is 10.8. The number of anilines is 1. The quantitative estimate of drug-likeness (QED) is 0.736. The molecule has 1 aromatic rings. The van der Waals surface area contributed by atoms with Gasteiger partial charge < -0.3 is 15.1 Å². The molecule has 0 spiro atoms. The number of carbonyl (C=O) groups excluding carboxylic acids is 3. The normalized spacial score (nSPS) is 28.5. The molecule has 0 aromatic heterocycles. The maximum Gasteiger partial charge on any atom is 0.322 e. The topological polar surface area (TPSA) is 81.8 Å². The SMILES string of the molecule is O=C1NC(=O)[C@](CCC(=O)N2CCC3Cc4ccc(Cl)cc4N3CC2)(C2CC2)N1. The predicted molar refractivity (Wildman–Crippen MR) is 109 cm³/mol. The fourth-order valence-corrected chi connectivity index (χ4v) is 5.37. The van der Waals surface area contributed by atoms with Gasteiger partial charge in [-0.25, -0.2) is 4.79 Å². The van der Waals surface area contributed by atoms with Crippen molar-refractivity contribution in [3.05, 3.63) is 28.8 Å². The molecule has 1 unspecified atom stereocenters. The van der Waals surface area contributed by atoms with E-state index >= 15 is 0 Å². The molecule has 154 valence electrons. The first-order chi connectivity index (χ1) is 14.0. The number of benzene rings is 1. The number of imide groups is 1. The Balaban J connectivity index is 1.23. The van der Waals surface area contributed by atoms with E-state index in [4.69, 9.17) is 11.6 Å². The Morgan fingerprint density at radius 1 is 1.17 bits per heavy atom. The van der Waals surface area contributed by atoms with Crippen molar-refractivity contribution in [2.24, 2.45) is 5.92 Å². The summed E-state index contributed by atoms with van der Waals surface area (Å²) in [5.74, 6) is -0.0631. The van der Waals surface area contributed by atoms with Gasteiger partial charge in [-0.3, -0.25) is 14.9 Å². The van der Waals surface area contributed by atoms with Gasteiger partial charge >= 0.3 is 6.03 Å². The van der Waals surface area contributed by atoms with Crippen molar-refractivity contribution >= 4 is 35.1 Å². The van der Waals surface area contributed by atoms with Crippen LogP contribution in [0.3, 0.4) is 0 Å². The molecular formula is C21H25ClN4O3. The fraction of sp³-hybridized carbons (Fsp3) is 0.571. The van der Waals surface area contributed by atoms with E-state index in [1.165, 1.54) is 11.3 Å². The third-order valence-electron chi connectivity index (χ3n) is 6.93. The van der Waals surface area contributed by atoms with Crippen LogP contribution in [0.2, 0.25) is 5.02 Å². The van der Waals surface area contributed by atoms with Gasteiger partial charge in [-0.15, -0.1) is 0 Å². The van der Waals surface area contributed by atoms with Crippen LogP contribution in [0.4, 0.5) is 10.5 Å². The molecule has 3 heterocycles. The minimum absolute atomic E-state index is 0.0615. The van der Waals surface area contributed by atoms with Crippen molar-refractivity contribution in [2.75, 3.05) is 24.5 Å². The Kier molecular flexibility index (Phi) is 4.46. The van der Waals surface area contributed by atoms with Gasteiger partial charge in [-0.1, -0.05) is 17.7 Å². The second kappa shape index (κ2) is 6.90. The molecule has 0 bridgehead atoms. The lowest BCUT2D eigenvalue weighted by atomic mass is 9.87. The number of carbonyl (C=O) groups is 3. The third-order valence-corrected chi connectivity index (χ3v) is 7.16. The van der Waals surface area contributed by atoms with E-state index in [0.717, 1.165) is 43.8 Å². The second-order valence-electron chi connectivity index (χ2n) is 8.65. The molecule has 1 aromatic carbocycles. The van der Waals surface area contributed by atoms with Gasteiger partial charge in [0.15, 0.2) is 0 Å². The molecule has 29 heavy (non-hydrogen) atoms. The molecule has 2 saturated heterocycles. The minimum atomic E-state index is -0.895. The van der Waals surface area contributed by atoms with E-state index in [1.54, 1.807) is 0 Å². The summed E-state index contributed by atoms with van der Waals surface area (Å²) in [4.78, 5) is 41.3. The van der Waals surface area contributed by atoms with Crippen LogP contribution in [0.1, 0.15) is 37.7 Å². The third kappa shape index (κ3) is 3.25. The average Bonchev–Trinajstić information content (AvgIpc) is 3.46. The summed E-state index contributed by atoms with van der Waals surface area (Å²) < 4.78 is 0. The number of rotatable bonds is 4. The zero-order chi connectivity index (χ0) is 20.2. The summed E-state index contributed by atoms with van der Waals surface area (Å²) >= 11 is 6.19. The Bertz CT molecular complexity index is 887. The van der Waals surface area contributed by atoms with Crippen LogP contribution < -0.4 is 15.5 Å². The molecule has 5 rings (SSSR count). The predicted octanol–water partition coefficient (Wildman–Crippen LogP) is 2.07. The van der Waals surface area contributed by atoms with Gasteiger partial charge in [0, 0.05) is 42.8 Å². The summed E-state index contributed by atoms with van der Waals surface area (Å²) in [7, 11) is 0. The zero-order valence-electron chi connectivity index (χ0n) is 16.2. The average molecular weight is 417 g/mol. The summed E-state index contributed by atoms with van der Waals surface area (Å²) in [5, 5.41) is 5.90. The summed E-state index contributed by atoms with van der Waals surface area (Å²) in [6.45, 7) is 2.17. The zero-order valence-corrected chi connectivity index (χ0v) is 17.0. The highest BCUT2D eigenvalue weighted by molar-refractivity contribution is 6.30. The van der Waals surface area contributed by atoms with Gasteiger partial charge in [0.1, 0.15) is 5.54 Å². The van der Waals surface area contributed by atoms with Gasteiger partial charge in [-0.2, -0.15) is 0 Å². The largest absolute Gasteiger partial charge is 0.366 e. The lowest BCUT2D eigenvalue weighted by Crippen LogP contribution is -2.50. The van der Waals surface area contributed by atoms with E-state index in [2.05, 4.69) is 21.6 Å². The van der Waals surface area contributed by atoms with Gasteiger partial charge in [0.05, 0.1) is 0 Å². The van der Waals surface area contributed by atoms with Crippen LogP contribution >= 0.6 is 11.6 Å². The molecule has 4 aliphatic rings. The van der Waals surface area contributed by atoms with Crippen LogP contribution in [-0.2, 0) is 16.0 Å². The van der Waals surface area contributed by atoms with Crippen LogP contribution in [0.15, 0.2) is 18.2 Å². The summed E-state index contributed by atoms with van der Waals surface area (Å²) in [6, 6.07) is 6.03. The summed E-state index contributed by atoms with van der Waals surface area (Å²) in [6.07, 6.45) is 4.40. The number of halogens is 1. The smallest absolute Gasteiger partial charge is 0.322 e. The fourth-order valence-electron chi connectivity index (χ4n) is 5.20. The van der Waals surface area contributed by atoms with E-state index in [-0.39, 0.29) is 24.2 Å². The van der Waals surface area contributed by atoms with Crippen molar-refractivity contribution in [2.45, 2.75) is 50.1 Å². The van der Waals surface area contributed by atoms with Crippen LogP contribution in [0, 0.1) is 5.92 Å². The van der Waals surface area contributed by atoms with Crippen molar-refractivity contribution in [3.8, 4) is 0 Å². The maximum atomic E-state index is 12.9. The Hall–Kier alpha value is -2.28. The molecular weight excluding hydrogens is 392 g/mol. The first kappa shape index (κ1) is 18.7. The molecule has 4 amide bonds. The Labute approximate surface area is 174 Å². The van der Waals surface area contributed by atoms with E-state index in [9.17, 15) is 14.4 Å². The first-order valence-electron chi connectivity index (χ1n) is 10.4. The van der Waals surface area contributed by atoms with Crippen LogP contribution in [0.5, 0.6) is 0 Å². The summed E-state index contributed by atoms with van der Waals surface area (Å²) in [5.41, 5.74) is 1.62. The molecule has 3 fully saturated rings. The van der Waals surface area contributed by atoms with E-state index < -0.39 is 11.6 Å². The standard InChI is InChI=1S/C21H25ClN4O3/c22-15-4-1-13-11-16-6-8-25(9-10-26(16)17(13)12-15)18(27)5-7-21(14-2-3-14)19(28)23-20(29)24-21/h1,4,12,14,16H,2-3,5-11H2,(H2,23,24,28,29)/t16?,21-/m0/s1. The minimum Gasteiger partial charge on any atom is -0.366 e. The van der Waals surface area contributed by atoms with Crippen LogP contribution in [0.25, 0.3) is 0 Å². The number of nitrogens with zero attached hydrogens (tertiary/aromatic N) is 2. The number of urea groups is 1. The molecule has 1 saturated carbocycles. The van der Waals surface area contributed by atoms with Crippen molar-refractivity contribution in [3.63, 3.8) is 0 Å². The maximum absolute atomic E-state index is 12.9. The van der Waals surface area contributed by atoms with E-state index in [0.29, 0.717) is 19.0 Å². The molecule has 0 radical (unpaired) electrons. The highest BCUT2D eigenvalue weighted by Gasteiger charge is 2.55. The number of amides is 4. The van der Waals surface area contributed by atoms with Crippen molar-refractivity contribution in [1.29, 1.82) is 0 Å². The highest BCUT2D eigenvalue weighted by Crippen LogP contribution is 2.44. The molecule has 8 heteroatoms. The molecule has 3 aliphatic heterocycles. The van der Waals surface area contributed by atoms with Gasteiger partial charge in [-0.05, 0) is 55.7 Å². The second-order valence-corrected chi connectivity index (χ2v) is 9.08. The van der Waals surface area contributed by atoms with Gasteiger partial charge in [0.2, 0.25) is 5.91 Å². The van der Waals surface area contributed by atoms with Crippen LogP contribution in [-0.4, -0.2) is 54.0 Å². The van der Waals surface area contributed by atoms with Crippen molar-refractivity contribution < 1.29 is 14.4 Å². The highest BCUT2D eigenvalue weighted by atomic mass is 35.5. The molecule has 2 atom stereocenters. The number of hydrogen-bond acceptors (Lipinski definition) is 4. The van der Waals surface area contributed by atoms with E-state index in [1.807, 2.05) is 17.0 Å².